The third-order valence-electron chi connectivity index (χ3n) is 3.79. The monoisotopic (exact) mass is 326 g/mol. The highest BCUT2D eigenvalue weighted by atomic mass is 19.1. The SMILES string of the molecule is OC1N(c2ccc(F)cc2)c2nccnc2N1c1ccc(F)cc1. The first-order chi connectivity index (χ1) is 11.6. The zero-order chi connectivity index (χ0) is 16.7. The molecular formula is C17H12F2N4O. The van der Waals surface area contributed by atoms with Gasteiger partial charge in [0, 0.05) is 23.8 Å². The number of nitrogens with zero attached hydrogens (tertiary/aromatic N) is 4. The third kappa shape index (κ3) is 2.26. The number of rotatable bonds is 2. The minimum absolute atomic E-state index is 0.373. The van der Waals surface area contributed by atoms with Crippen LogP contribution in [0.1, 0.15) is 0 Å². The number of hydrogen-bond donors (Lipinski definition) is 1. The first-order valence-electron chi connectivity index (χ1n) is 7.24. The predicted octanol–water partition coefficient (Wildman–Crippen LogP) is 3.32. The summed E-state index contributed by atoms with van der Waals surface area (Å²) in [5, 5.41) is 10.8. The second kappa shape index (κ2) is 5.54. The van der Waals surface area contributed by atoms with Crippen molar-refractivity contribution in [3.8, 4) is 0 Å². The fourth-order valence-corrected chi connectivity index (χ4v) is 2.71. The molecule has 0 radical (unpaired) electrons. The smallest absolute Gasteiger partial charge is 0.219 e. The van der Waals surface area contributed by atoms with E-state index in [1.807, 2.05) is 0 Å². The number of anilines is 4. The van der Waals surface area contributed by atoms with Crippen molar-refractivity contribution in [2.45, 2.75) is 6.35 Å². The molecule has 7 heteroatoms. The highest BCUT2D eigenvalue weighted by Gasteiger charge is 2.38. The van der Waals surface area contributed by atoms with Gasteiger partial charge in [-0.25, -0.2) is 18.7 Å². The van der Waals surface area contributed by atoms with Gasteiger partial charge in [-0.1, -0.05) is 0 Å². The summed E-state index contributed by atoms with van der Waals surface area (Å²) in [6.45, 7) is 0. The molecule has 0 unspecified atom stereocenters. The van der Waals surface area contributed by atoms with Crippen LogP contribution in [0, 0.1) is 11.6 Å². The van der Waals surface area contributed by atoms with Gasteiger partial charge in [0.25, 0.3) is 0 Å². The van der Waals surface area contributed by atoms with Crippen molar-refractivity contribution in [2.24, 2.45) is 0 Å². The first kappa shape index (κ1) is 14.5. The molecule has 24 heavy (non-hydrogen) atoms. The molecule has 0 bridgehead atoms. The molecule has 0 fully saturated rings. The lowest BCUT2D eigenvalue weighted by Gasteiger charge is -2.27. The van der Waals surface area contributed by atoms with Gasteiger partial charge >= 0.3 is 0 Å². The van der Waals surface area contributed by atoms with Crippen LogP contribution < -0.4 is 9.80 Å². The molecule has 4 rings (SSSR count). The van der Waals surface area contributed by atoms with Crippen molar-refractivity contribution in [3.63, 3.8) is 0 Å². The fourth-order valence-electron chi connectivity index (χ4n) is 2.71. The Kier molecular flexibility index (Phi) is 3.35. The predicted molar refractivity (Wildman–Crippen MR) is 85.1 cm³/mol. The summed E-state index contributed by atoms with van der Waals surface area (Å²) < 4.78 is 26.4. The molecule has 0 amide bonds. The quantitative estimate of drug-likeness (QED) is 0.783. The van der Waals surface area contributed by atoms with Crippen LogP contribution in [0.3, 0.4) is 0 Å². The van der Waals surface area contributed by atoms with Crippen molar-refractivity contribution in [3.05, 3.63) is 72.6 Å². The van der Waals surface area contributed by atoms with Crippen LogP contribution in [0.5, 0.6) is 0 Å². The number of benzene rings is 2. The minimum Gasteiger partial charge on any atom is -0.356 e. The van der Waals surface area contributed by atoms with Crippen LogP contribution in [0.25, 0.3) is 0 Å². The minimum atomic E-state index is -1.14. The summed E-state index contributed by atoms with van der Waals surface area (Å²) in [5.41, 5.74) is 1.13. The Morgan fingerprint density at radius 1 is 0.708 bits per heavy atom. The summed E-state index contributed by atoms with van der Waals surface area (Å²) in [6.07, 6.45) is 1.88. The molecule has 1 aliphatic rings. The number of aliphatic hydroxyl groups excluding tert-OH is 1. The van der Waals surface area contributed by atoms with Crippen LogP contribution in [0.15, 0.2) is 60.9 Å². The molecule has 120 valence electrons. The van der Waals surface area contributed by atoms with E-state index in [1.54, 1.807) is 24.3 Å². The van der Waals surface area contributed by atoms with E-state index < -0.39 is 6.35 Å². The highest BCUT2D eigenvalue weighted by molar-refractivity contribution is 5.82. The van der Waals surface area contributed by atoms with Crippen LogP contribution in [-0.4, -0.2) is 21.4 Å². The summed E-state index contributed by atoms with van der Waals surface area (Å²) in [4.78, 5) is 11.6. The molecule has 0 saturated carbocycles. The fraction of sp³-hybridized carbons (Fsp3) is 0.0588. The number of hydrogen-bond acceptors (Lipinski definition) is 5. The van der Waals surface area contributed by atoms with E-state index in [-0.39, 0.29) is 11.6 Å². The second-order valence-corrected chi connectivity index (χ2v) is 5.24. The van der Waals surface area contributed by atoms with Crippen LogP contribution in [0.2, 0.25) is 0 Å². The Morgan fingerprint density at radius 3 is 1.46 bits per heavy atom. The van der Waals surface area contributed by atoms with Gasteiger partial charge in [-0.2, -0.15) is 0 Å². The van der Waals surface area contributed by atoms with Crippen molar-refractivity contribution >= 4 is 23.0 Å². The third-order valence-corrected chi connectivity index (χ3v) is 3.79. The molecule has 0 saturated heterocycles. The Bertz CT molecular complexity index is 798. The van der Waals surface area contributed by atoms with E-state index >= 15 is 0 Å². The topological polar surface area (TPSA) is 52.5 Å². The molecule has 3 aromatic rings. The molecule has 1 aromatic heterocycles. The van der Waals surface area contributed by atoms with Gasteiger partial charge in [0.2, 0.25) is 6.35 Å². The van der Waals surface area contributed by atoms with E-state index in [0.717, 1.165) is 0 Å². The molecule has 0 aliphatic carbocycles. The number of halogens is 2. The van der Waals surface area contributed by atoms with Crippen molar-refractivity contribution in [1.29, 1.82) is 0 Å². The zero-order valence-corrected chi connectivity index (χ0v) is 12.3. The van der Waals surface area contributed by atoms with E-state index in [1.165, 1.54) is 46.5 Å². The van der Waals surface area contributed by atoms with Gasteiger partial charge in [0.05, 0.1) is 0 Å². The van der Waals surface area contributed by atoms with E-state index in [0.29, 0.717) is 23.0 Å². The lowest BCUT2D eigenvalue weighted by atomic mass is 10.3. The van der Waals surface area contributed by atoms with Gasteiger partial charge in [-0.05, 0) is 48.5 Å². The maximum atomic E-state index is 13.2. The summed E-state index contributed by atoms with van der Waals surface area (Å²) in [5.74, 6) is 0.117. The Morgan fingerprint density at radius 2 is 1.08 bits per heavy atom. The molecule has 5 nitrogen and oxygen atoms in total. The van der Waals surface area contributed by atoms with Gasteiger partial charge < -0.3 is 5.11 Å². The summed E-state index contributed by atoms with van der Waals surface area (Å²) in [7, 11) is 0. The van der Waals surface area contributed by atoms with Crippen molar-refractivity contribution in [1.82, 2.24) is 9.97 Å². The maximum Gasteiger partial charge on any atom is 0.219 e. The number of aromatic nitrogens is 2. The molecule has 1 N–H and O–H groups in total. The average Bonchev–Trinajstić information content (AvgIpc) is 2.89. The Labute approximate surface area is 136 Å². The van der Waals surface area contributed by atoms with E-state index in [4.69, 9.17) is 0 Å². The van der Waals surface area contributed by atoms with E-state index in [9.17, 15) is 13.9 Å². The first-order valence-corrected chi connectivity index (χ1v) is 7.24. The van der Waals surface area contributed by atoms with Crippen molar-refractivity contribution in [2.75, 3.05) is 9.80 Å². The molecule has 0 spiro atoms. The molecule has 2 heterocycles. The van der Waals surface area contributed by atoms with Crippen LogP contribution in [0.4, 0.5) is 31.8 Å². The second-order valence-electron chi connectivity index (χ2n) is 5.24. The largest absolute Gasteiger partial charge is 0.356 e. The average molecular weight is 326 g/mol. The van der Waals surface area contributed by atoms with E-state index in [2.05, 4.69) is 9.97 Å². The van der Waals surface area contributed by atoms with Crippen LogP contribution in [-0.2, 0) is 0 Å². The summed E-state index contributed by atoms with van der Waals surface area (Å²) in [6, 6.07) is 11.4. The number of aliphatic hydroxyl groups is 1. The van der Waals surface area contributed by atoms with Crippen LogP contribution >= 0.6 is 0 Å². The molecule has 2 aromatic carbocycles. The highest BCUT2D eigenvalue weighted by Crippen LogP contribution is 2.43. The normalized spacial score (nSPS) is 14.1. The molecular weight excluding hydrogens is 314 g/mol. The Hall–Kier alpha value is -3.06. The lowest BCUT2D eigenvalue weighted by molar-refractivity contribution is 0.194. The molecule has 1 aliphatic heterocycles. The lowest BCUT2D eigenvalue weighted by Crippen LogP contribution is -2.38. The van der Waals surface area contributed by atoms with Gasteiger partial charge in [0.1, 0.15) is 11.6 Å². The van der Waals surface area contributed by atoms with Gasteiger partial charge in [-0.3, -0.25) is 9.80 Å². The maximum absolute atomic E-state index is 13.2. The van der Waals surface area contributed by atoms with Gasteiger partial charge in [-0.15, -0.1) is 0 Å². The Balaban J connectivity index is 1.83. The number of fused-ring (bicyclic) bond motifs is 1. The van der Waals surface area contributed by atoms with Crippen molar-refractivity contribution < 1.29 is 13.9 Å². The summed E-state index contributed by atoms with van der Waals surface area (Å²) >= 11 is 0. The zero-order valence-electron chi connectivity index (χ0n) is 12.3. The standard InChI is InChI=1S/C17H12F2N4O/c18-11-1-5-13(6-2-11)22-15-16(21-10-9-20-15)23(17(22)24)14-7-3-12(19)4-8-14/h1-10,17,24H. The van der Waals surface area contributed by atoms with Gasteiger partial charge in [0.15, 0.2) is 11.6 Å². The molecule has 0 atom stereocenters.